The molecule has 0 amide bonds. The van der Waals surface area contributed by atoms with Gasteiger partial charge in [-0.2, -0.15) is 5.10 Å². The van der Waals surface area contributed by atoms with E-state index in [9.17, 15) is 14.6 Å². The average molecular weight is 357 g/mol. The van der Waals surface area contributed by atoms with Crippen LogP contribution >= 0.6 is 15.9 Å². The molecule has 6 heteroatoms. The number of aliphatic hydroxyl groups is 2. The highest BCUT2D eigenvalue weighted by Crippen LogP contribution is 2.33. The van der Waals surface area contributed by atoms with Gasteiger partial charge in [-0.15, -0.1) is 0 Å². The molecular formula is C15H18BrFN2O2. The van der Waals surface area contributed by atoms with E-state index in [0.29, 0.717) is 5.56 Å². The Kier molecular flexibility index (Phi) is 4.81. The number of nitrogens with zero attached hydrogens (tertiary/aromatic N) is 2. The normalized spacial score (nSPS) is 11.9. The molecule has 0 aliphatic heterocycles. The van der Waals surface area contributed by atoms with Crippen molar-refractivity contribution in [3.63, 3.8) is 0 Å². The highest BCUT2D eigenvalue weighted by atomic mass is 79.9. The number of aryl methyl sites for hydroxylation is 2. The van der Waals surface area contributed by atoms with Gasteiger partial charge in [-0.1, -0.05) is 18.2 Å². The Labute approximate surface area is 131 Å². The molecule has 0 atom stereocenters. The van der Waals surface area contributed by atoms with Crippen molar-refractivity contribution in [2.24, 2.45) is 7.05 Å². The molecule has 1 aromatic carbocycles. The van der Waals surface area contributed by atoms with Crippen LogP contribution in [0, 0.1) is 12.7 Å². The summed E-state index contributed by atoms with van der Waals surface area (Å²) in [5.41, 5.74) is 0.832. The van der Waals surface area contributed by atoms with E-state index in [-0.39, 0.29) is 19.6 Å². The maximum atomic E-state index is 14.1. The highest BCUT2D eigenvalue weighted by Gasteiger charge is 2.35. The minimum Gasteiger partial charge on any atom is -0.395 e. The lowest BCUT2D eigenvalue weighted by Crippen LogP contribution is -2.39. The van der Waals surface area contributed by atoms with E-state index < -0.39 is 11.2 Å². The number of halogens is 2. The molecule has 0 radical (unpaired) electrons. The second-order valence-corrected chi connectivity index (χ2v) is 6.02. The Balaban J connectivity index is 2.51. The fraction of sp³-hybridized carbons (Fsp3) is 0.400. The van der Waals surface area contributed by atoms with Crippen LogP contribution in [0.5, 0.6) is 0 Å². The van der Waals surface area contributed by atoms with Crippen molar-refractivity contribution in [3.05, 3.63) is 51.5 Å². The predicted octanol–water partition coefficient (Wildman–Crippen LogP) is 2.10. The molecule has 0 aliphatic carbocycles. The molecule has 1 heterocycles. The molecule has 0 fully saturated rings. The SMILES string of the molecule is Cc1nn(C)c(CC(CO)(CO)c2ccccc2F)c1Br. The first kappa shape index (κ1) is 16.1. The van der Waals surface area contributed by atoms with Crippen LogP contribution in [0.25, 0.3) is 0 Å². The van der Waals surface area contributed by atoms with E-state index in [2.05, 4.69) is 21.0 Å². The van der Waals surface area contributed by atoms with Gasteiger partial charge in [0.2, 0.25) is 0 Å². The third-order valence-electron chi connectivity index (χ3n) is 3.82. The summed E-state index contributed by atoms with van der Waals surface area (Å²) in [6.07, 6.45) is 0.277. The number of hydrogen-bond donors (Lipinski definition) is 2. The molecule has 21 heavy (non-hydrogen) atoms. The number of rotatable bonds is 5. The average Bonchev–Trinajstić information content (AvgIpc) is 2.71. The van der Waals surface area contributed by atoms with E-state index in [1.807, 2.05) is 6.92 Å². The van der Waals surface area contributed by atoms with Crippen LogP contribution in [0.15, 0.2) is 28.7 Å². The fourth-order valence-electron chi connectivity index (χ4n) is 2.51. The minimum atomic E-state index is -1.09. The Morgan fingerprint density at radius 2 is 1.90 bits per heavy atom. The standard InChI is InChI=1S/C15H18BrFN2O2/c1-10-14(16)13(19(2)18-10)7-15(8-20,9-21)11-5-3-4-6-12(11)17/h3-6,20-21H,7-9H2,1-2H3. The molecule has 2 aromatic rings. The number of aromatic nitrogens is 2. The summed E-state index contributed by atoms with van der Waals surface area (Å²) in [5, 5.41) is 24.0. The third kappa shape index (κ3) is 2.88. The van der Waals surface area contributed by atoms with E-state index in [1.165, 1.54) is 6.07 Å². The lowest BCUT2D eigenvalue weighted by molar-refractivity contribution is 0.111. The first-order chi connectivity index (χ1) is 9.95. The molecule has 1 aromatic heterocycles. The number of aliphatic hydroxyl groups excluding tert-OH is 2. The van der Waals surface area contributed by atoms with Gasteiger partial charge in [0.25, 0.3) is 0 Å². The smallest absolute Gasteiger partial charge is 0.127 e. The zero-order valence-electron chi connectivity index (χ0n) is 12.0. The molecule has 0 saturated heterocycles. The highest BCUT2D eigenvalue weighted by molar-refractivity contribution is 9.10. The summed E-state index contributed by atoms with van der Waals surface area (Å²) in [7, 11) is 1.79. The molecule has 4 nitrogen and oxygen atoms in total. The first-order valence-electron chi connectivity index (χ1n) is 6.60. The Morgan fingerprint density at radius 3 is 2.38 bits per heavy atom. The number of benzene rings is 1. The molecule has 0 aliphatic rings. The molecular weight excluding hydrogens is 339 g/mol. The zero-order chi connectivity index (χ0) is 15.6. The van der Waals surface area contributed by atoms with Crippen molar-refractivity contribution in [2.75, 3.05) is 13.2 Å². The molecule has 2 rings (SSSR count). The maximum Gasteiger partial charge on any atom is 0.127 e. The molecule has 0 unspecified atom stereocenters. The van der Waals surface area contributed by atoms with Crippen LogP contribution in [0.2, 0.25) is 0 Å². The van der Waals surface area contributed by atoms with E-state index in [0.717, 1.165) is 15.9 Å². The summed E-state index contributed by atoms with van der Waals surface area (Å²) in [6, 6.07) is 6.21. The second-order valence-electron chi connectivity index (χ2n) is 5.22. The van der Waals surface area contributed by atoms with Gasteiger partial charge < -0.3 is 10.2 Å². The lowest BCUT2D eigenvalue weighted by atomic mass is 9.77. The summed E-state index contributed by atoms with van der Waals surface area (Å²) >= 11 is 3.46. The zero-order valence-corrected chi connectivity index (χ0v) is 13.6. The maximum absolute atomic E-state index is 14.1. The second kappa shape index (κ2) is 6.25. The largest absolute Gasteiger partial charge is 0.395 e. The lowest BCUT2D eigenvalue weighted by Gasteiger charge is -2.31. The van der Waals surface area contributed by atoms with Crippen molar-refractivity contribution in [1.82, 2.24) is 9.78 Å². The van der Waals surface area contributed by atoms with Gasteiger partial charge in [0, 0.05) is 18.9 Å². The molecule has 0 spiro atoms. The summed E-state index contributed by atoms with van der Waals surface area (Å²) in [4.78, 5) is 0. The van der Waals surface area contributed by atoms with Gasteiger partial charge in [0.1, 0.15) is 5.82 Å². The summed E-state index contributed by atoms with van der Waals surface area (Å²) < 4.78 is 16.6. The summed E-state index contributed by atoms with van der Waals surface area (Å²) in [5.74, 6) is -0.435. The van der Waals surface area contributed by atoms with E-state index >= 15 is 0 Å². The van der Waals surface area contributed by atoms with Crippen LogP contribution in [-0.2, 0) is 18.9 Å². The molecule has 0 bridgehead atoms. The van der Waals surface area contributed by atoms with Gasteiger partial charge in [0.05, 0.1) is 29.1 Å². The van der Waals surface area contributed by atoms with Crippen molar-refractivity contribution in [3.8, 4) is 0 Å². The summed E-state index contributed by atoms with van der Waals surface area (Å²) in [6.45, 7) is 1.14. The quantitative estimate of drug-likeness (QED) is 0.862. The van der Waals surface area contributed by atoms with Crippen molar-refractivity contribution >= 4 is 15.9 Å². The Hall–Kier alpha value is -1.24. The Morgan fingerprint density at radius 1 is 1.29 bits per heavy atom. The van der Waals surface area contributed by atoms with E-state index in [4.69, 9.17) is 0 Å². The molecule has 114 valence electrons. The van der Waals surface area contributed by atoms with Crippen LogP contribution < -0.4 is 0 Å². The van der Waals surface area contributed by atoms with Gasteiger partial charge in [0.15, 0.2) is 0 Å². The van der Waals surface area contributed by atoms with Crippen LogP contribution in [0.3, 0.4) is 0 Å². The van der Waals surface area contributed by atoms with E-state index in [1.54, 1.807) is 29.9 Å². The van der Waals surface area contributed by atoms with Crippen molar-refractivity contribution in [2.45, 2.75) is 18.8 Å². The van der Waals surface area contributed by atoms with Crippen molar-refractivity contribution in [1.29, 1.82) is 0 Å². The van der Waals surface area contributed by atoms with Crippen LogP contribution in [0.4, 0.5) is 4.39 Å². The van der Waals surface area contributed by atoms with Gasteiger partial charge >= 0.3 is 0 Å². The van der Waals surface area contributed by atoms with Crippen molar-refractivity contribution < 1.29 is 14.6 Å². The minimum absolute atomic E-state index is 0.277. The predicted molar refractivity (Wildman–Crippen MR) is 81.6 cm³/mol. The van der Waals surface area contributed by atoms with Crippen LogP contribution in [-0.4, -0.2) is 33.2 Å². The topological polar surface area (TPSA) is 58.3 Å². The number of hydrogen-bond acceptors (Lipinski definition) is 3. The van der Waals surface area contributed by atoms with Gasteiger partial charge in [-0.05, 0) is 34.5 Å². The fourth-order valence-corrected chi connectivity index (χ4v) is 2.99. The molecule has 0 saturated carbocycles. The van der Waals surface area contributed by atoms with Gasteiger partial charge in [-0.3, -0.25) is 4.68 Å². The first-order valence-corrected chi connectivity index (χ1v) is 7.39. The van der Waals surface area contributed by atoms with Crippen LogP contribution in [0.1, 0.15) is 17.0 Å². The monoisotopic (exact) mass is 356 g/mol. The van der Waals surface area contributed by atoms with Gasteiger partial charge in [-0.25, -0.2) is 4.39 Å². The third-order valence-corrected chi connectivity index (χ3v) is 4.85. The molecule has 2 N–H and O–H groups in total. The Bertz CT molecular complexity index is 639.